The Balaban J connectivity index is 0.856. The van der Waals surface area contributed by atoms with Gasteiger partial charge in [-0.15, -0.1) is 0 Å². The van der Waals surface area contributed by atoms with Gasteiger partial charge in [-0.3, -0.25) is 0 Å². The van der Waals surface area contributed by atoms with Gasteiger partial charge in [-0.05, 0) is 54.8 Å². The highest BCUT2D eigenvalue weighted by Gasteiger charge is 2.27. The fourth-order valence-corrected chi connectivity index (χ4v) is 5.98. The second kappa shape index (κ2) is 15.2. The SMILES string of the molecule is CC1(C)OCc2cc([C@@H](O)CNCCCCCCOCOCc3cccc(NCc4cn5c(n4)SCC5)c3)ccc2O1. The third-order valence-corrected chi connectivity index (χ3v) is 8.29. The minimum absolute atomic E-state index is 0.299. The molecule has 9 nitrogen and oxygen atoms in total. The van der Waals surface area contributed by atoms with Gasteiger partial charge in [-0.1, -0.05) is 42.8 Å². The van der Waals surface area contributed by atoms with Crippen molar-refractivity contribution >= 4 is 17.4 Å². The third-order valence-electron chi connectivity index (χ3n) is 7.32. The molecule has 10 heteroatoms. The standard InChI is InChI=1S/C32H44N4O5S/c1-32(2)40-22-26-17-25(10-11-30(26)41-32)29(37)19-33-12-5-3-4-6-14-38-23-39-21-24-8-7-9-27(16-24)34-18-28-20-36-13-15-42-31(36)35-28/h7-11,16-17,20,29,33-34,37H,3-6,12-15,18-19,21-23H2,1-2H3/t29-/m0/s1. The van der Waals surface area contributed by atoms with Crippen LogP contribution in [-0.4, -0.2) is 52.7 Å². The lowest BCUT2D eigenvalue weighted by atomic mass is 10.0. The van der Waals surface area contributed by atoms with E-state index in [9.17, 15) is 5.11 Å². The van der Waals surface area contributed by atoms with Crippen molar-refractivity contribution in [3.05, 3.63) is 71.0 Å². The van der Waals surface area contributed by atoms with Gasteiger partial charge >= 0.3 is 0 Å². The molecule has 3 N–H and O–H groups in total. The number of imidazole rings is 1. The average Bonchev–Trinajstić information content (AvgIpc) is 3.58. The van der Waals surface area contributed by atoms with Crippen LogP contribution in [0.2, 0.25) is 0 Å². The first-order valence-electron chi connectivity index (χ1n) is 15.0. The van der Waals surface area contributed by atoms with Crippen molar-refractivity contribution in [1.82, 2.24) is 14.9 Å². The summed E-state index contributed by atoms with van der Waals surface area (Å²) in [6.07, 6.45) is 5.89. The number of thioether (sulfide) groups is 1. The van der Waals surface area contributed by atoms with Crippen molar-refractivity contribution in [3.63, 3.8) is 0 Å². The molecule has 5 rings (SSSR count). The zero-order valence-corrected chi connectivity index (χ0v) is 25.6. The first-order valence-corrected chi connectivity index (χ1v) is 16.0. The molecule has 0 amide bonds. The molecule has 0 saturated heterocycles. The molecule has 1 atom stereocenters. The Kier molecular flexibility index (Phi) is 11.2. The molecule has 0 fully saturated rings. The van der Waals surface area contributed by atoms with E-state index in [1.54, 1.807) is 0 Å². The summed E-state index contributed by atoms with van der Waals surface area (Å²) in [5.74, 6) is 1.34. The van der Waals surface area contributed by atoms with E-state index in [1.807, 2.05) is 49.9 Å². The summed E-state index contributed by atoms with van der Waals surface area (Å²) >= 11 is 1.82. The van der Waals surface area contributed by atoms with Gasteiger partial charge in [-0.2, -0.15) is 0 Å². The number of benzene rings is 2. The van der Waals surface area contributed by atoms with E-state index in [-0.39, 0.29) is 0 Å². The molecule has 228 valence electrons. The van der Waals surface area contributed by atoms with Crippen molar-refractivity contribution in [3.8, 4) is 5.75 Å². The van der Waals surface area contributed by atoms with Crippen molar-refractivity contribution in [2.24, 2.45) is 0 Å². The van der Waals surface area contributed by atoms with Crippen molar-refractivity contribution in [2.75, 3.05) is 37.6 Å². The minimum atomic E-state index is -0.610. The number of hydrogen-bond donors (Lipinski definition) is 3. The van der Waals surface area contributed by atoms with E-state index in [0.717, 1.165) is 83.5 Å². The van der Waals surface area contributed by atoms with E-state index in [4.69, 9.17) is 18.9 Å². The minimum Gasteiger partial charge on any atom is -0.463 e. The van der Waals surface area contributed by atoms with Gasteiger partial charge in [0.05, 0.1) is 31.6 Å². The summed E-state index contributed by atoms with van der Waals surface area (Å²) in [6.45, 7) is 8.98. The van der Waals surface area contributed by atoms with Gasteiger partial charge in [-0.25, -0.2) is 4.98 Å². The number of anilines is 1. The second-order valence-corrected chi connectivity index (χ2v) is 12.3. The van der Waals surface area contributed by atoms with Crippen LogP contribution in [0.25, 0.3) is 0 Å². The summed E-state index contributed by atoms with van der Waals surface area (Å²) in [4.78, 5) is 4.67. The van der Waals surface area contributed by atoms with Gasteiger partial charge in [0.2, 0.25) is 5.79 Å². The predicted molar refractivity (Wildman–Crippen MR) is 165 cm³/mol. The number of nitrogens with zero attached hydrogens (tertiary/aromatic N) is 2. The summed E-state index contributed by atoms with van der Waals surface area (Å²) < 4.78 is 25.2. The van der Waals surface area contributed by atoms with Gasteiger partial charge in [0, 0.05) is 56.7 Å². The van der Waals surface area contributed by atoms with E-state index >= 15 is 0 Å². The highest BCUT2D eigenvalue weighted by molar-refractivity contribution is 7.99. The number of aliphatic hydroxyl groups is 1. The number of fused-ring (bicyclic) bond motifs is 2. The van der Waals surface area contributed by atoms with Crippen molar-refractivity contribution in [2.45, 2.75) is 82.9 Å². The number of aryl methyl sites for hydroxylation is 1. The number of ether oxygens (including phenoxy) is 4. The molecule has 0 aliphatic carbocycles. The monoisotopic (exact) mass is 596 g/mol. The lowest BCUT2D eigenvalue weighted by molar-refractivity contribution is -0.180. The Morgan fingerprint density at radius 3 is 2.93 bits per heavy atom. The Bertz CT molecular complexity index is 1260. The van der Waals surface area contributed by atoms with E-state index < -0.39 is 11.9 Å². The lowest BCUT2D eigenvalue weighted by Crippen LogP contribution is -2.35. The van der Waals surface area contributed by atoms with Crippen LogP contribution in [0, 0.1) is 0 Å². The van der Waals surface area contributed by atoms with Crippen LogP contribution in [0.5, 0.6) is 5.75 Å². The largest absolute Gasteiger partial charge is 0.463 e. The average molecular weight is 597 g/mol. The number of nitrogens with one attached hydrogen (secondary N) is 2. The molecule has 42 heavy (non-hydrogen) atoms. The van der Waals surface area contributed by atoms with Crippen LogP contribution < -0.4 is 15.4 Å². The van der Waals surface area contributed by atoms with Crippen LogP contribution in [0.4, 0.5) is 5.69 Å². The number of aromatic nitrogens is 2. The molecule has 0 radical (unpaired) electrons. The molecular weight excluding hydrogens is 552 g/mol. The molecule has 2 aromatic carbocycles. The van der Waals surface area contributed by atoms with E-state index in [1.165, 1.54) is 0 Å². The highest BCUT2D eigenvalue weighted by Crippen LogP contribution is 2.33. The number of hydrogen-bond acceptors (Lipinski definition) is 9. The summed E-state index contributed by atoms with van der Waals surface area (Å²) in [5.41, 5.74) is 5.10. The molecule has 3 aromatic rings. The summed E-state index contributed by atoms with van der Waals surface area (Å²) in [7, 11) is 0. The predicted octanol–water partition coefficient (Wildman–Crippen LogP) is 5.62. The maximum atomic E-state index is 10.6. The first-order chi connectivity index (χ1) is 20.4. The molecular formula is C32H44N4O5S. The zero-order valence-electron chi connectivity index (χ0n) is 24.8. The van der Waals surface area contributed by atoms with Gasteiger partial charge in [0.15, 0.2) is 5.16 Å². The first kappa shape index (κ1) is 30.8. The Hall–Kier alpha value is -2.60. The molecule has 0 bridgehead atoms. The Labute approximate surface area is 253 Å². The normalized spacial score (nSPS) is 16.1. The second-order valence-electron chi connectivity index (χ2n) is 11.3. The topological polar surface area (TPSA) is 99.0 Å². The highest BCUT2D eigenvalue weighted by atomic mass is 32.2. The lowest BCUT2D eigenvalue weighted by Gasteiger charge is -2.33. The van der Waals surface area contributed by atoms with Crippen LogP contribution in [0.1, 0.15) is 68.0 Å². The van der Waals surface area contributed by atoms with E-state index in [2.05, 4.69) is 44.6 Å². The number of aliphatic hydroxyl groups excluding tert-OH is 1. The van der Waals surface area contributed by atoms with Crippen molar-refractivity contribution < 1.29 is 24.1 Å². The van der Waals surface area contributed by atoms with Gasteiger partial charge in [0.25, 0.3) is 0 Å². The van der Waals surface area contributed by atoms with Crippen LogP contribution in [0.15, 0.2) is 53.8 Å². The summed E-state index contributed by atoms with van der Waals surface area (Å²) in [6, 6.07) is 14.1. The van der Waals surface area contributed by atoms with Crippen LogP contribution in [0.3, 0.4) is 0 Å². The van der Waals surface area contributed by atoms with Crippen LogP contribution >= 0.6 is 11.8 Å². The maximum Gasteiger partial charge on any atom is 0.205 e. The quantitative estimate of drug-likeness (QED) is 0.135. The van der Waals surface area contributed by atoms with Crippen LogP contribution in [-0.2, 0) is 40.5 Å². The molecule has 3 heterocycles. The fraction of sp³-hybridized carbons (Fsp3) is 0.531. The molecule has 0 saturated carbocycles. The Morgan fingerprint density at radius 2 is 2.02 bits per heavy atom. The molecule has 2 aliphatic rings. The van der Waals surface area contributed by atoms with E-state index in [0.29, 0.717) is 39.7 Å². The zero-order chi connectivity index (χ0) is 29.2. The van der Waals surface area contributed by atoms with Crippen molar-refractivity contribution in [1.29, 1.82) is 0 Å². The number of unbranched alkanes of at least 4 members (excludes halogenated alkanes) is 3. The maximum absolute atomic E-state index is 10.6. The number of rotatable bonds is 17. The Morgan fingerprint density at radius 1 is 1.12 bits per heavy atom. The molecule has 1 aromatic heterocycles. The summed E-state index contributed by atoms with van der Waals surface area (Å²) in [5, 5.41) is 18.5. The molecule has 0 spiro atoms. The molecule has 2 aliphatic heterocycles. The van der Waals surface area contributed by atoms with Gasteiger partial charge in [0.1, 0.15) is 12.5 Å². The third kappa shape index (κ3) is 9.20. The smallest absolute Gasteiger partial charge is 0.205 e. The molecule has 0 unspecified atom stereocenters. The van der Waals surface area contributed by atoms with Gasteiger partial charge < -0.3 is 39.3 Å². The fourth-order valence-electron chi connectivity index (χ4n) is 5.02.